The molecule has 0 spiro atoms. The molecule has 1 aromatic heterocycles. The molecule has 0 bridgehead atoms. The van der Waals surface area contributed by atoms with Gasteiger partial charge in [0, 0.05) is 42.0 Å². The average Bonchev–Trinajstić information content (AvgIpc) is 2.97. The minimum Gasteiger partial charge on any atom is -0.356 e. The molecule has 5 nitrogen and oxygen atoms in total. The van der Waals surface area contributed by atoms with Gasteiger partial charge in [-0.1, -0.05) is 11.6 Å². The van der Waals surface area contributed by atoms with Crippen molar-refractivity contribution in [2.24, 2.45) is 4.99 Å². The normalized spacial score (nSPS) is 11.5. The van der Waals surface area contributed by atoms with Gasteiger partial charge in [0.05, 0.1) is 12.7 Å². The van der Waals surface area contributed by atoms with Gasteiger partial charge in [-0.3, -0.25) is 9.67 Å². The second kappa shape index (κ2) is 9.47. The number of aromatic nitrogens is 2. The van der Waals surface area contributed by atoms with Crippen LogP contribution in [0.2, 0.25) is 5.02 Å². The van der Waals surface area contributed by atoms with Crippen LogP contribution >= 0.6 is 23.4 Å². The zero-order chi connectivity index (χ0) is 16.5. The van der Waals surface area contributed by atoms with Crippen LogP contribution in [0.5, 0.6) is 0 Å². The molecule has 0 saturated carbocycles. The zero-order valence-electron chi connectivity index (χ0n) is 13.4. The predicted molar refractivity (Wildman–Crippen MR) is 98.5 cm³/mol. The van der Waals surface area contributed by atoms with Gasteiger partial charge in [0.15, 0.2) is 5.96 Å². The Morgan fingerprint density at radius 3 is 2.65 bits per heavy atom. The smallest absolute Gasteiger partial charge is 0.191 e. The van der Waals surface area contributed by atoms with E-state index < -0.39 is 0 Å². The topological polar surface area (TPSA) is 54.2 Å². The van der Waals surface area contributed by atoms with Crippen LogP contribution in [0, 0.1) is 6.92 Å². The minimum absolute atomic E-state index is 0.768. The van der Waals surface area contributed by atoms with E-state index in [1.807, 2.05) is 48.3 Å². The molecule has 1 heterocycles. The molecular weight excluding hydrogens is 330 g/mol. The Kier molecular flexibility index (Phi) is 7.29. The maximum atomic E-state index is 5.88. The molecule has 0 radical (unpaired) electrons. The van der Waals surface area contributed by atoms with Crippen LogP contribution in [-0.4, -0.2) is 41.6 Å². The Morgan fingerprint density at radius 1 is 1.26 bits per heavy atom. The maximum Gasteiger partial charge on any atom is 0.191 e. The number of aryl methyl sites for hydroxylation is 1. The molecule has 0 aliphatic carbocycles. The first-order chi connectivity index (χ1) is 11.2. The summed E-state index contributed by atoms with van der Waals surface area (Å²) in [5, 5.41) is 11.6. The number of thioether (sulfide) groups is 1. The lowest BCUT2D eigenvalue weighted by molar-refractivity contribution is 0.598. The highest BCUT2D eigenvalue weighted by Gasteiger charge is 1.99. The fourth-order valence-corrected chi connectivity index (χ4v) is 2.86. The van der Waals surface area contributed by atoms with E-state index in [9.17, 15) is 0 Å². The number of rotatable bonds is 7. The van der Waals surface area contributed by atoms with E-state index in [1.54, 1.807) is 18.8 Å². The SMILES string of the molecule is CN=C(NCCSc1ccc(Cl)cc1)NCCn1cc(C)cn1. The molecule has 2 N–H and O–H groups in total. The fourth-order valence-electron chi connectivity index (χ4n) is 1.97. The van der Waals surface area contributed by atoms with Gasteiger partial charge in [0.2, 0.25) is 0 Å². The van der Waals surface area contributed by atoms with Gasteiger partial charge in [-0.25, -0.2) is 0 Å². The standard InChI is InChI=1S/C16H22ClN5S/c1-13-11-21-22(12-13)9-7-19-16(18-2)20-8-10-23-15-5-3-14(17)4-6-15/h3-6,11-12H,7-10H2,1-2H3,(H2,18,19,20). The third kappa shape index (κ3) is 6.54. The molecule has 0 unspecified atom stereocenters. The second-order valence-electron chi connectivity index (χ2n) is 5.01. The van der Waals surface area contributed by atoms with Crippen LogP contribution in [0.25, 0.3) is 0 Å². The molecule has 2 rings (SSSR count). The second-order valence-corrected chi connectivity index (χ2v) is 6.61. The van der Waals surface area contributed by atoms with E-state index in [-0.39, 0.29) is 0 Å². The number of halogens is 1. The molecule has 0 fully saturated rings. The highest BCUT2D eigenvalue weighted by Crippen LogP contribution is 2.19. The van der Waals surface area contributed by atoms with Crippen LogP contribution < -0.4 is 10.6 Å². The number of nitrogens with one attached hydrogen (secondary N) is 2. The quantitative estimate of drug-likeness (QED) is 0.348. The third-order valence-corrected chi connectivity index (χ3v) is 4.36. The van der Waals surface area contributed by atoms with Crippen molar-refractivity contribution in [2.45, 2.75) is 18.4 Å². The number of aliphatic imine (C=N–C) groups is 1. The van der Waals surface area contributed by atoms with Crippen molar-refractivity contribution >= 4 is 29.3 Å². The fraction of sp³-hybridized carbons (Fsp3) is 0.375. The van der Waals surface area contributed by atoms with Gasteiger partial charge >= 0.3 is 0 Å². The Labute approximate surface area is 146 Å². The minimum atomic E-state index is 0.768. The van der Waals surface area contributed by atoms with Crippen molar-refractivity contribution in [1.29, 1.82) is 0 Å². The summed E-state index contributed by atoms with van der Waals surface area (Å²) in [5.41, 5.74) is 1.17. The van der Waals surface area contributed by atoms with Crippen LogP contribution in [0.4, 0.5) is 0 Å². The molecule has 7 heteroatoms. The monoisotopic (exact) mass is 351 g/mol. The molecule has 23 heavy (non-hydrogen) atoms. The molecule has 0 amide bonds. The summed E-state index contributed by atoms with van der Waals surface area (Å²) in [6.07, 6.45) is 3.89. The maximum absolute atomic E-state index is 5.88. The summed E-state index contributed by atoms with van der Waals surface area (Å²) < 4.78 is 1.92. The summed E-state index contributed by atoms with van der Waals surface area (Å²) in [5.74, 6) is 1.77. The van der Waals surface area contributed by atoms with Crippen LogP contribution in [0.1, 0.15) is 5.56 Å². The number of guanidine groups is 1. The third-order valence-electron chi connectivity index (χ3n) is 3.10. The molecular formula is C16H22ClN5S. The molecule has 2 aromatic rings. The number of hydrogen-bond acceptors (Lipinski definition) is 3. The zero-order valence-corrected chi connectivity index (χ0v) is 15.0. The molecule has 0 atom stereocenters. The highest BCUT2D eigenvalue weighted by molar-refractivity contribution is 7.99. The first kappa shape index (κ1) is 17.7. The van der Waals surface area contributed by atoms with Crippen molar-refractivity contribution in [3.63, 3.8) is 0 Å². The largest absolute Gasteiger partial charge is 0.356 e. The van der Waals surface area contributed by atoms with E-state index in [0.717, 1.165) is 36.4 Å². The van der Waals surface area contributed by atoms with Crippen LogP contribution in [0.3, 0.4) is 0 Å². The van der Waals surface area contributed by atoms with E-state index in [4.69, 9.17) is 11.6 Å². The van der Waals surface area contributed by atoms with Gasteiger partial charge in [-0.15, -0.1) is 11.8 Å². The van der Waals surface area contributed by atoms with Gasteiger partial charge in [-0.2, -0.15) is 5.10 Å². The lowest BCUT2D eigenvalue weighted by Gasteiger charge is -2.11. The van der Waals surface area contributed by atoms with Crippen molar-refractivity contribution in [1.82, 2.24) is 20.4 Å². The summed E-state index contributed by atoms with van der Waals surface area (Å²) in [7, 11) is 1.78. The summed E-state index contributed by atoms with van der Waals surface area (Å²) in [6, 6.07) is 7.89. The molecule has 1 aromatic carbocycles. The van der Waals surface area contributed by atoms with Gasteiger partial charge in [0.1, 0.15) is 0 Å². The lowest BCUT2D eigenvalue weighted by atomic mass is 10.4. The van der Waals surface area contributed by atoms with E-state index in [0.29, 0.717) is 0 Å². The Bertz CT molecular complexity index is 624. The lowest BCUT2D eigenvalue weighted by Crippen LogP contribution is -2.39. The van der Waals surface area contributed by atoms with Crippen molar-refractivity contribution in [3.05, 3.63) is 47.2 Å². The molecule has 0 aliphatic rings. The highest BCUT2D eigenvalue weighted by atomic mass is 35.5. The Hall–Kier alpha value is -1.66. The van der Waals surface area contributed by atoms with Crippen LogP contribution in [0.15, 0.2) is 46.5 Å². The van der Waals surface area contributed by atoms with E-state index in [2.05, 4.69) is 20.7 Å². The Balaban J connectivity index is 1.62. The average molecular weight is 352 g/mol. The summed E-state index contributed by atoms with van der Waals surface area (Å²) in [4.78, 5) is 5.43. The van der Waals surface area contributed by atoms with E-state index in [1.165, 1.54) is 10.5 Å². The van der Waals surface area contributed by atoms with Crippen LogP contribution in [-0.2, 0) is 6.54 Å². The summed E-state index contributed by atoms with van der Waals surface area (Å²) >= 11 is 7.66. The van der Waals surface area contributed by atoms with E-state index >= 15 is 0 Å². The number of benzene rings is 1. The predicted octanol–water partition coefficient (Wildman–Crippen LogP) is 2.80. The molecule has 0 aliphatic heterocycles. The van der Waals surface area contributed by atoms with Gasteiger partial charge in [0.25, 0.3) is 0 Å². The van der Waals surface area contributed by atoms with Crippen molar-refractivity contribution in [2.75, 3.05) is 25.9 Å². The number of nitrogens with zero attached hydrogens (tertiary/aromatic N) is 3. The van der Waals surface area contributed by atoms with Gasteiger partial charge in [-0.05, 0) is 36.8 Å². The molecule has 0 saturated heterocycles. The first-order valence-corrected chi connectivity index (χ1v) is 8.85. The summed E-state index contributed by atoms with van der Waals surface area (Å²) in [6.45, 7) is 4.47. The molecule has 124 valence electrons. The number of hydrogen-bond donors (Lipinski definition) is 2. The van der Waals surface area contributed by atoms with Crippen molar-refractivity contribution < 1.29 is 0 Å². The van der Waals surface area contributed by atoms with Crippen molar-refractivity contribution in [3.8, 4) is 0 Å². The first-order valence-electron chi connectivity index (χ1n) is 7.49. The Morgan fingerprint density at radius 2 is 2.00 bits per heavy atom. The van der Waals surface area contributed by atoms with Gasteiger partial charge < -0.3 is 10.6 Å².